The zero-order valence-corrected chi connectivity index (χ0v) is 14.8. The normalized spacial score (nSPS) is 9.96. The van der Waals surface area contributed by atoms with E-state index in [1.54, 1.807) is 30.3 Å². The highest BCUT2D eigenvalue weighted by Crippen LogP contribution is 2.27. The zero-order chi connectivity index (χ0) is 18.1. The molecule has 0 radical (unpaired) electrons. The molecule has 7 heteroatoms. The Kier molecular flexibility index (Phi) is 7.39. The molecule has 0 bridgehead atoms. The van der Waals surface area contributed by atoms with E-state index in [2.05, 4.69) is 5.32 Å². The number of carbonyl (C=O) groups excluding carboxylic acids is 1. The molecule has 130 valence electrons. The SMILES string of the molecule is N#CCC(=O)NCc1ccccc1OCCOc1ccc(Cl)cc1Cl. The highest BCUT2D eigenvalue weighted by Gasteiger charge is 2.06. The molecular weight excluding hydrogens is 363 g/mol. The monoisotopic (exact) mass is 378 g/mol. The average Bonchev–Trinajstić information content (AvgIpc) is 2.59. The minimum absolute atomic E-state index is 0.168. The lowest BCUT2D eigenvalue weighted by Gasteiger charge is -2.13. The van der Waals surface area contributed by atoms with Gasteiger partial charge < -0.3 is 14.8 Å². The first kappa shape index (κ1) is 18.9. The molecule has 5 nitrogen and oxygen atoms in total. The number of carbonyl (C=O) groups is 1. The second-order valence-corrected chi connectivity index (χ2v) is 5.83. The predicted molar refractivity (Wildman–Crippen MR) is 96.0 cm³/mol. The number of hydrogen-bond donors (Lipinski definition) is 1. The summed E-state index contributed by atoms with van der Waals surface area (Å²) in [6.45, 7) is 0.902. The summed E-state index contributed by atoms with van der Waals surface area (Å²) >= 11 is 11.9. The maximum atomic E-state index is 11.4. The van der Waals surface area contributed by atoms with Crippen LogP contribution in [0.3, 0.4) is 0 Å². The molecular formula is C18H16Cl2N2O3. The van der Waals surface area contributed by atoms with Gasteiger partial charge in [-0.1, -0.05) is 41.4 Å². The Morgan fingerprint density at radius 1 is 1.08 bits per heavy atom. The second kappa shape index (κ2) is 9.77. The Morgan fingerprint density at radius 2 is 1.80 bits per heavy atom. The predicted octanol–water partition coefficient (Wildman–Crippen LogP) is 3.98. The average molecular weight is 379 g/mol. The molecule has 1 N–H and O–H groups in total. The molecule has 0 saturated heterocycles. The Morgan fingerprint density at radius 3 is 2.52 bits per heavy atom. The summed E-state index contributed by atoms with van der Waals surface area (Å²) in [5.41, 5.74) is 0.818. The summed E-state index contributed by atoms with van der Waals surface area (Å²) in [6.07, 6.45) is -0.168. The smallest absolute Gasteiger partial charge is 0.234 e. The lowest BCUT2D eigenvalue weighted by molar-refractivity contribution is -0.120. The van der Waals surface area contributed by atoms with Crippen molar-refractivity contribution < 1.29 is 14.3 Å². The Labute approximate surface area is 156 Å². The van der Waals surface area contributed by atoms with Crippen LogP contribution in [0.2, 0.25) is 10.0 Å². The van der Waals surface area contributed by atoms with Crippen LogP contribution in [0.25, 0.3) is 0 Å². The van der Waals surface area contributed by atoms with E-state index in [4.69, 9.17) is 37.9 Å². The third kappa shape index (κ3) is 6.18. The van der Waals surface area contributed by atoms with E-state index in [-0.39, 0.29) is 12.3 Å². The third-order valence-corrected chi connectivity index (χ3v) is 3.71. The van der Waals surface area contributed by atoms with E-state index in [0.717, 1.165) is 5.56 Å². The maximum absolute atomic E-state index is 11.4. The molecule has 2 aromatic carbocycles. The van der Waals surface area contributed by atoms with Gasteiger partial charge in [0, 0.05) is 17.1 Å². The van der Waals surface area contributed by atoms with Crippen molar-refractivity contribution in [3.63, 3.8) is 0 Å². The van der Waals surface area contributed by atoms with Gasteiger partial charge in [0.1, 0.15) is 31.1 Å². The van der Waals surface area contributed by atoms with Crippen LogP contribution < -0.4 is 14.8 Å². The maximum Gasteiger partial charge on any atom is 0.234 e. The number of nitrogens with zero attached hydrogens (tertiary/aromatic N) is 1. The molecule has 0 spiro atoms. The lowest BCUT2D eigenvalue weighted by atomic mass is 10.2. The molecule has 2 aromatic rings. The van der Waals surface area contributed by atoms with E-state index in [9.17, 15) is 4.79 Å². The number of amides is 1. The molecule has 0 aliphatic heterocycles. The minimum Gasteiger partial charge on any atom is -0.490 e. The Bertz CT molecular complexity index is 775. The van der Waals surface area contributed by atoms with Crippen molar-refractivity contribution in [2.45, 2.75) is 13.0 Å². The fourth-order valence-electron chi connectivity index (χ4n) is 2.01. The standard InChI is InChI=1S/C18H16Cl2N2O3/c19-14-5-6-17(15(20)11-14)25-10-9-24-16-4-2-1-3-13(16)12-22-18(23)7-8-21/h1-6,11H,7,9-10,12H2,(H,22,23). The summed E-state index contributed by atoms with van der Waals surface area (Å²) < 4.78 is 11.3. The topological polar surface area (TPSA) is 71.4 Å². The fourth-order valence-corrected chi connectivity index (χ4v) is 2.48. The van der Waals surface area contributed by atoms with Crippen LogP contribution in [0.4, 0.5) is 0 Å². The van der Waals surface area contributed by atoms with Crippen LogP contribution >= 0.6 is 23.2 Å². The zero-order valence-electron chi connectivity index (χ0n) is 13.3. The highest BCUT2D eigenvalue weighted by molar-refractivity contribution is 6.35. The first-order valence-corrected chi connectivity index (χ1v) is 8.28. The molecule has 25 heavy (non-hydrogen) atoms. The number of para-hydroxylation sites is 1. The number of nitriles is 1. The summed E-state index contributed by atoms with van der Waals surface area (Å²) in [5.74, 6) is 0.857. The number of rotatable bonds is 8. The number of hydrogen-bond acceptors (Lipinski definition) is 4. The first-order valence-electron chi connectivity index (χ1n) is 7.52. The highest BCUT2D eigenvalue weighted by atomic mass is 35.5. The molecule has 1 amide bonds. The van der Waals surface area contributed by atoms with Gasteiger partial charge in [-0.15, -0.1) is 0 Å². The van der Waals surface area contributed by atoms with E-state index in [0.29, 0.717) is 41.3 Å². The van der Waals surface area contributed by atoms with E-state index in [1.807, 2.05) is 18.2 Å². The van der Waals surface area contributed by atoms with Crippen LogP contribution in [0, 0.1) is 11.3 Å². The van der Waals surface area contributed by atoms with Gasteiger partial charge >= 0.3 is 0 Å². The van der Waals surface area contributed by atoms with Gasteiger partial charge in [-0.05, 0) is 24.3 Å². The molecule has 0 aromatic heterocycles. The number of benzene rings is 2. The van der Waals surface area contributed by atoms with Crippen LogP contribution in [0.15, 0.2) is 42.5 Å². The van der Waals surface area contributed by atoms with Crippen molar-refractivity contribution in [1.29, 1.82) is 5.26 Å². The van der Waals surface area contributed by atoms with Gasteiger partial charge in [-0.2, -0.15) is 5.26 Å². The van der Waals surface area contributed by atoms with Crippen LogP contribution in [-0.2, 0) is 11.3 Å². The largest absolute Gasteiger partial charge is 0.490 e. The molecule has 0 saturated carbocycles. The van der Waals surface area contributed by atoms with E-state index in [1.165, 1.54) is 0 Å². The Hall–Kier alpha value is -2.42. The van der Waals surface area contributed by atoms with Gasteiger partial charge in [0.15, 0.2) is 0 Å². The van der Waals surface area contributed by atoms with Crippen molar-refractivity contribution in [1.82, 2.24) is 5.32 Å². The van der Waals surface area contributed by atoms with E-state index >= 15 is 0 Å². The molecule has 0 atom stereocenters. The van der Waals surface area contributed by atoms with E-state index < -0.39 is 0 Å². The molecule has 0 heterocycles. The second-order valence-electron chi connectivity index (χ2n) is 4.99. The van der Waals surface area contributed by atoms with Gasteiger partial charge in [0.25, 0.3) is 0 Å². The van der Waals surface area contributed by atoms with Crippen molar-refractivity contribution >= 4 is 29.1 Å². The van der Waals surface area contributed by atoms with Gasteiger partial charge in [-0.3, -0.25) is 4.79 Å². The minimum atomic E-state index is -0.321. The summed E-state index contributed by atoms with van der Waals surface area (Å²) in [4.78, 5) is 11.4. The summed E-state index contributed by atoms with van der Waals surface area (Å²) in [7, 11) is 0. The van der Waals surface area contributed by atoms with Gasteiger partial charge in [-0.25, -0.2) is 0 Å². The van der Waals surface area contributed by atoms with Crippen molar-refractivity contribution in [2.24, 2.45) is 0 Å². The summed E-state index contributed by atoms with van der Waals surface area (Å²) in [5, 5.41) is 12.1. The fraction of sp³-hybridized carbons (Fsp3) is 0.222. The molecule has 0 aliphatic carbocycles. The molecule has 0 unspecified atom stereocenters. The number of nitrogens with one attached hydrogen (secondary N) is 1. The number of ether oxygens (including phenoxy) is 2. The molecule has 0 aliphatic rings. The van der Waals surface area contributed by atoms with Gasteiger partial charge in [0.05, 0.1) is 11.1 Å². The van der Waals surface area contributed by atoms with Crippen LogP contribution in [-0.4, -0.2) is 19.1 Å². The van der Waals surface area contributed by atoms with Crippen molar-refractivity contribution in [3.05, 3.63) is 58.1 Å². The summed E-state index contributed by atoms with van der Waals surface area (Å²) in [6, 6.07) is 14.2. The Balaban J connectivity index is 1.84. The van der Waals surface area contributed by atoms with Gasteiger partial charge in [0.2, 0.25) is 5.91 Å². The first-order chi connectivity index (χ1) is 12.1. The van der Waals surface area contributed by atoms with Crippen molar-refractivity contribution in [3.8, 4) is 17.6 Å². The lowest BCUT2D eigenvalue weighted by Crippen LogP contribution is -2.22. The molecule has 2 rings (SSSR count). The molecule has 0 fully saturated rings. The third-order valence-electron chi connectivity index (χ3n) is 3.18. The quantitative estimate of drug-likeness (QED) is 0.705. The van der Waals surface area contributed by atoms with Crippen LogP contribution in [0.5, 0.6) is 11.5 Å². The van der Waals surface area contributed by atoms with Crippen LogP contribution in [0.1, 0.15) is 12.0 Å². The number of halogens is 2. The van der Waals surface area contributed by atoms with Crippen molar-refractivity contribution in [2.75, 3.05) is 13.2 Å².